The van der Waals surface area contributed by atoms with Crippen molar-refractivity contribution in [2.24, 2.45) is 0 Å². The van der Waals surface area contributed by atoms with Crippen LogP contribution in [0.4, 0.5) is 11.4 Å². The van der Waals surface area contributed by atoms with E-state index in [0.717, 1.165) is 6.42 Å². The zero-order chi connectivity index (χ0) is 13.3. The first kappa shape index (κ1) is 13.1. The van der Waals surface area contributed by atoms with Gasteiger partial charge in [0.25, 0.3) is 0 Å². The van der Waals surface area contributed by atoms with Crippen molar-refractivity contribution in [2.45, 2.75) is 25.5 Å². The first-order valence-electron chi connectivity index (χ1n) is 5.79. The number of nitro groups is 1. The molecule has 98 valence electrons. The number of para-hydroxylation sites is 1. The van der Waals surface area contributed by atoms with Gasteiger partial charge in [-0.3, -0.25) is 10.1 Å². The second-order valence-electron chi connectivity index (χ2n) is 4.41. The lowest BCUT2D eigenvalue weighted by atomic mass is 10.1. The highest BCUT2D eigenvalue weighted by atomic mass is 35.5. The van der Waals surface area contributed by atoms with Gasteiger partial charge < -0.3 is 9.64 Å². The molecule has 0 bridgehead atoms. The summed E-state index contributed by atoms with van der Waals surface area (Å²) in [6.45, 7) is 2.66. The Morgan fingerprint density at radius 3 is 2.83 bits per heavy atom. The predicted octanol–water partition coefficient (Wildman–Crippen LogP) is 2.86. The van der Waals surface area contributed by atoms with E-state index in [4.69, 9.17) is 16.3 Å². The molecule has 0 N–H and O–H groups in total. The van der Waals surface area contributed by atoms with Gasteiger partial charge in [0.2, 0.25) is 0 Å². The van der Waals surface area contributed by atoms with E-state index in [1.54, 1.807) is 12.1 Å². The molecular weight excluding hydrogens is 256 g/mol. The summed E-state index contributed by atoms with van der Waals surface area (Å²) in [4.78, 5) is 12.6. The SMILES string of the molecule is CC1OCCC1N(C)c1cccc(Cl)c1[N+](=O)[O-]. The number of hydrogen-bond acceptors (Lipinski definition) is 4. The molecule has 0 aliphatic carbocycles. The van der Waals surface area contributed by atoms with E-state index in [-0.39, 0.29) is 22.9 Å². The largest absolute Gasteiger partial charge is 0.376 e. The second-order valence-corrected chi connectivity index (χ2v) is 4.81. The Kier molecular flexibility index (Phi) is 3.73. The molecular formula is C12H15ClN2O3. The van der Waals surface area contributed by atoms with Gasteiger partial charge in [0.15, 0.2) is 0 Å². The maximum atomic E-state index is 11.1. The van der Waals surface area contributed by atoms with Crippen LogP contribution in [0.2, 0.25) is 5.02 Å². The molecule has 0 aromatic heterocycles. The molecule has 18 heavy (non-hydrogen) atoms. The third-order valence-corrected chi connectivity index (χ3v) is 3.67. The summed E-state index contributed by atoms with van der Waals surface area (Å²) in [5.41, 5.74) is 0.496. The van der Waals surface area contributed by atoms with E-state index >= 15 is 0 Å². The van der Waals surface area contributed by atoms with Crippen molar-refractivity contribution in [3.63, 3.8) is 0 Å². The Bertz CT molecular complexity index is 467. The maximum absolute atomic E-state index is 11.1. The van der Waals surface area contributed by atoms with Crippen LogP contribution in [0.15, 0.2) is 18.2 Å². The molecule has 0 spiro atoms. The lowest BCUT2D eigenvalue weighted by molar-refractivity contribution is -0.384. The molecule has 0 radical (unpaired) electrons. The van der Waals surface area contributed by atoms with Gasteiger partial charge in [-0.15, -0.1) is 0 Å². The van der Waals surface area contributed by atoms with Crippen LogP contribution in [0.1, 0.15) is 13.3 Å². The fourth-order valence-corrected chi connectivity index (χ4v) is 2.62. The highest BCUT2D eigenvalue weighted by molar-refractivity contribution is 6.33. The second kappa shape index (κ2) is 5.12. The number of ether oxygens (including phenoxy) is 1. The fraction of sp³-hybridized carbons (Fsp3) is 0.500. The van der Waals surface area contributed by atoms with Crippen molar-refractivity contribution in [3.8, 4) is 0 Å². The van der Waals surface area contributed by atoms with Crippen molar-refractivity contribution in [2.75, 3.05) is 18.6 Å². The molecule has 1 aliphatic heterocycles. The molecule has 1 fully saturated rings. The van der Waals surface area contributed by atoms with Gasteiger partial charge in [0.05, 0.1) is 17.1 Å². The zero-order valence-corrected chi connectivity index (χ0v) is 11.1. The van der Waals surface area contributed by atoms with Gasteiger partial charge in [-0.2, -0.15) is 0 Å². The van der Waals surface area contributed by atoms with Gasteiger partial charge in [0, 0.05) is 13.7 Å². The van der Waals surface area contributed by atoms with Gasteiger partial charge in [-0.05, 0) is 25.5 Å². The minimum atomic E-state index is -0.436. The summed E-state index contributed by atoms with van der Waals surface area (Å²) < 4.78 is 5.49. The van der Waals surface area contributed by atoms with Gasteiger partial charge in [0.1, 0.15) is 10.7 Å². The Balaban J connectivity index is 2.38. The van der Waals surface area contributed by atoms with Crippen LogP contribution in [-0.4, -0.2) is 30.7 Å². The van der Waals surface area contributed by atoms with Crippen molar-refractivity contribution < 1.29 is 9.66 Å². The summed E-state index contributed by atoms with van der Waals surface area (Å²) in [5.74, 6) is 0. The Labute approximate surface area is 110 Å². The Morgan fingerprint density at radius 2 is 2.28 bits per heavy atom. The van der Waals surface area contributed by atoms with E-state index in [1.807, 2.05) is 18.9 Å². The molecule has 1 aliphatic rings. The first-order valence-corrected chi connectivity index (χ1v) is 6.17. The molecule has 1 aromatic rings. The minimum absolute atomic E-state index is 0.0410. The van der Waals surface area contributed by atoms with Gasteiger partial charge in [-0.1, -0.05) is 17.7 Å². The van der Waals surface area contributed by atoms with Crippen LogP contribution in [0.3, 0.4) is 0 Å². The molecule has 0 saturated carbocycles. The highest BCUT2D eigenvalue weighted by Crippen LogP contribution is 2.36. The van der Waals surface area contributed by atoms with Crippen molar-refractivity contribution >= 4 is 23.0 Å². The average Bonchev–Trinajstić information content (AvgIpc) is 2.73. The molecule has 2 atom stereocenters. The van der Waals surface area contributed by atoms with Crippen molar-refractivity contribution in [3.05, 3.63) is 33.3 Å². The summed E-state index contributed by atoms with van der Waals surface area (Å²) >= 11 is 5.91. The first-order chi connectivity index (χ1) is 8.52. The lowest BCUT2D eigenvalue weighted by Crippen LogP contribution is -2.37. The average molecular weight is 271 g/mol. The third-order valence-electron chi connectivity index (χ3n) is 3.36. The quantitative estimate of drug-likeness (QED) is 0.626. The van der Waals surface area contributed by atoms with Gasteiger partial charge >= 0.3 is 5.69 Å². The molecule has 1 saturated heterocycles. The van der Waals surface area contributed by atoms with Crippen LogP contribution >= 0.6 is 11.6 Å². The zero-order valence-electron chi connectivity index (χ0n) is 10.3. The molecule has 0 amide bonds. The van der Waals surface area contributed by atoms with Crippen LogP contribution in [0.25, 0.3) is 0 Å². The van der Waals surface area contributed by atoms with Crippen LogP contribution in [0.5, 0.6) is 0 Å². The normalized spacial score (nSPS) is 23.1. The van der Waals surface area contributed by atoms with Crippen LogP contribution < -0.4 is 4.90 Å². The predicted molar refractivity (Wildman–Crippen MR) is 70.3 cm³/mol. The monoisotopic (exact) mass is 270 g/mol. The van der Waals surface area contributed by atoms with Crippen molar-refractivity contribution in [1.29, 1.82) is 0 Å². The lowest BCUT2D eigenvalue weighted by Gasteiger charge is -2.28. The van der Waals surface area contributed by atoms with E-state index in [2.05, 4.69) is 0 Å². The summed E-state index contributed by atoms with van der Waals surface area (Å²) in [5, 5.41) is 11.3. The Hall–Kier alpha value is -1.33. The number of benzene rings is 1. The van der Waals surface area contributed by atoms with Gasteiger partial charge in [-0.25, -0.2) is 0 Å². The maximum Gasteiger partial charge on any atom is 0.310 e. The fourth-order valence-electron chi connectivity index (χ4n) is 2.38. The number of hydrogen-bond donors (Lipinski definition) is 0. The van der Waals surface area contributed by atoms with Crippen LogP contribution in [0, 0.1) is 10.1 Å². The van der Waals surface area contributed by atoms with Crippen LogP contribution in [-0.2, 0) is 4.74 Å². The van der Waals surface area contributed by atoms with E-state index in [1.165, 1.54) is 6.07 Å². The number of likely N-dealkylation sites (N-methyl/N-ethyl adjacent to an activating group) is 1. The van der Waals surface area contributed by atoms with E-state index in [9.17, 15) is 10.1 Å². The topological polar surface area (TPSA) is 55.6 Å². The van der Waals surface area contributed by atoms with Crippen molar-refractivity contribution in [1.82, 2.24) is 0 Å². The summed E-state index contributed by atoms with van der Waals surface area (Å²) in [6, 6.07) is 5.12. The standard InChI is InChI=1S/C12H15ClN2O3/c1-8-10(6-7-18-8)14(2)11-5-3-4-9(13)12(11)15(16)17/h3-5,8,10H,6-7H2,1-2H3. The highest BCUT2D eigenvalue weighted by Gasteiger charge is 2.32. The molecule has 5 nitrogen and oxygen atoms in total. The van der Waals surface area contributed by atoms with E-state index in [0.29, 0.717) is 12.3 Å². The number of rotatable bonds is 3. The Morgan fingerprint density at radius 1 is 1.56 bits per heavy atom. The molecule has 6 heteroatoms. The number of nitrogens with zero attached hydrogens (tertiary/aromatic N) is 2. The number of nitro benzene ring substituents is 1. The molecule has 2 rings (SSSR count). The smallest absolute Gasteiger partial charge is 0.310 e. The minimum Gasteiger partial charge on any atom is -0.376 e. The summed E-state index contributed by atoms with van der Waals surface area (Å²) in [6.07, 6.45) is 0.926. The summed E-state index contributed by atoms with van der Waals surface area (Å²) in [7, 11) is 1.84. The molecule has 1 aromatic carbocycles. The molecule has 2 unspecified atom stereocenters. The van der Waals surface area contributed by atoms with E-state index < -0.39 is 4.92 Å². The molecule has 1 heterocycles. The number of halogens is 1. The number of anilines is 1. The third kappa shape index (κ3) is 2.28.